The molecule has 0 aromatic heterocycles. The van der Waals surface area contributed by atoms with E-state index >= 15 is 0 Å². The summed E-state index contributed by atoms with van der Waals surface area (Å²) in [6, 6.07) is 1.50. The molecule has 78 valence electrons. The van der Waals surface area contributed by atoms with Crippen LogP contribution in [0.2, 0.25) is 0 Å². The maximum atomic E-state index is 13.3. The Kier molecular flexibility index (Phi) is 3.67. The van der Waals surface area contributed by atoms with Gasteiger partial charge in [0, 0.05) is 0 Å². The van der Waals surface area contributed by atoms with Crippen molar-refractivity contribution in [1.82, 2.24) is 0 Å². The molecule has 0 aliphatic carbocycles. The molecule has 0 bridgehead atoms. The average Bonchev–Trinajstić information content (AvgIpc) is 2.09. The van der Waals surface area contributed by atoms with Crippen LogP contribution in [0.25, 0.3) is 0 Å². The van der Waals surface area contributed by atoms with Crippen molar-refractivity contribution in [1.29, 1.82) is 0 Å². The van der Waals surface area contributed by atoms with Gasteiger partial charge in [0.15, 0.2) is 0 Å². The van der Waals surface area contributed by atoms with E-state index in [-0.39, 0.29) is 5.82 Å². The second kappa shape index (κ2) is 4.41. The summed E-state index contributed by atoms with van der Waals surface area (Å²) in [5, 5.41) is 9.29. The van der Waals surface area contributed by atoms with Gasteiger partial charge in [-0.15, -0.1) is 0 Å². The van der Waals surface area contributed by atoms with Crippen molar-refractivity contribution in [2.75, 3.05) is 0 Å². The molecule has 1 nitrogen and oxygen atoms in total. The second-order valence-corrected chi connectivity index (χ2v) is 4.44. The van der Waals surface area contributed by atoms with Gasteiger partial charge in [0.05, 0.1) is 10.6 Å². The third kappa shape index (κ3) is 2.34. The molecule has 0 fully saturated rings. The monoisotopic (exact) mass is 260 g/mol. The molecular formula is C11H14BrFO. The average molecular weight is 261 g/mol. The van der Waals surface area contributed by atoms with E-state index in [2.05, 4.69) is 15.9 Å². The first-order chi connectivity index (χ1) is 6.43. The fraction of sp³-hybridized carbons (Fsp3) is 0.455. The Morgan fingerprint density at radius 1 is 1.50 bits per heavy atom. The normalized spacial score (nSPS) is 13.0. The van der Waals surface area contributed by atoms with Crippen LogP contribution >= 0.6 is 15.9 Å². The molecule has 0 amide bonds. The first-order valence-electron chi connectivity index (χ1n) is 4.55. The summed E-state index contributed by atoms with van der Waals surface area (Å²) in [5.74, 6) is -0.260. The highest BCUT2D eigenvalue weighted by Gasteiger charge is 2.13. The van der Waals surface area contributed by atoms with Crippen LogP contribution in [0.5, 0.6) is 0 Å². The molecule has 0 spiro atoms. The Morgan fingerprint density at radius 3 is 2.57 bits per heavy atom. The standard InChI is InChI=1S/C11H14BrFO/c1-6-4-10(13)11(12)9(8(6)3)5-7(2)14/h4,7,14H,5H2,1-3H3. The molecule has 1 aromatic rings. The molecule has 0 saturated heterocycles. The highest BCUT2D eigenvalue weighted by molar-refractivity contribution is 9.10. The molecule has 0 saturated carbocycles. The van der Waals surface area contributed by atoms with Gasteiger partial charge in [0.2, 0.25) is 0 Å². The Labute approximate surface area is 92.1 Å². The number of rotatable bonds is 2. The molecule has 1 aromatic carbocycles. The maximum Gasteiger partial charge on any atom is 0.137 e. The van der Waals surface area contributed by atoms with Crippen molar-refractivity contribution in [3.05, 3.63) is 33.0 Å². The van der Waals surface area contributed by atoms with E-state index in [0.717, 1.165) is 16.7 Å². The van der Waals surface area contributed by atoms with Crippen LogP contribution in [0.3, 0.4) is 0 Å². The van der Waals surface area contributed by atoms with Gasteiger partial charge in [0.25, 0.3) is 0 Å². The van der Waals surface area contributed by atoms with Crippen LogP contribution in [0.15, 0.2) is 10.5 Å². The molecule has 1 atom stereocenters. The Bertz CT molecular complexity index is 321. The Hall–Kier alpha value is -0.410. The number of aliphatic hydroxyl groups is 1. The zero-order valence-corrected chi connectivity index (χ0v) is 10.2. The summed E-state index contributed by atoms with van der Waals surface area (Å²) in [7, 11) is 0. The van der Waals surface area contributed by atoms with E-state index < -0.39 is 6.10 Å². The summed E-state index contributed by atoms with van der Waals surface area (Å²) in [6.07, 6.45) is 0.0246. The molecule has 1 N–H and O–H groups in total. The van der Waals surface area contributed by atoms with Crippen molar-refractivity contribution in [2.45, 2.75) is 33.3 Å². The minimum absolute atomic E-state index is 0.260. The van der Waals surface area contributed by atoms with Crippen molar-refractivity contribution in [2.24, 2.45) is 0 Å². The van der Waals surface area contributed by atoms with Crippen molar-refractivity contribution < 1.29 is 9.50 Å². The number of hydrogen-bond donors (Lipinski definition) is 1. The molecule has 0 aliphatic heterocycles. The SMILES string of the molecule is Cc1cc(F)c(Br)c(CC(C)O)c1C. The highest BCUT2D eigenvalue weighted by atomic mass is 79.9. The lowest BCUT2D eigenvalue weighted by Crippen LogP contribution is -2.08. The lowest BCUT2D eigenvalue weighted by Gasteiger charge is -2.13. The zero-order valence-electron chi connectivity index (χ0n) is 8.56. The van der Waals surface area contributed by atoms with Crippen molar-refractivity contribution >= 4 is 15.9 Å². The summed E-state index contributed by atoms with van der Waals surface area (Å²) >= 11 is 3.21. The van der Waals surface area contributed by atoms with Gasteiger partial charge >= 0.3 is 0 Å². The van der Waals surface area contributed by atoms with Gasteiger partial charge in [-0.1, -0.05) is 0 Å². The Balaban J connectivity index is 3.25. The molecular weight excluding hydrogens is 247 g/mol. The highest BCUT2D eigenvalue weighted by Crippen LogP contribution is 2.27. The maximum absolute atomic E-state index is 13.3. The predicted molar refractivity (Wildman–Crippen MR) is 59.0 cm³/mol. The molecule has 0 heterocycles. The van der Waals surface area contributed by atoms with Gasteiger partial charge in [-0.25, -0.2) is 4.39 Å². The summed E-state index contributed by atoms with van der Waals surface area (Å²) in [4.78, 5) is 0. The largest absolute Gasteiger partial charge is 0.393 e. The van der Waals surface area contributed by atoms with Crippen LogP contribution in [0, 0.1) is 19.7 Å². The smallest absolute Gasteiger partial charge is 0.137 e. The van der Waals surface area contributed by atoms with Crippen molar-refractivity contribution in [3.63, 3.8) is 0 Å². The van der Waals surface area contributed by atoms with E-state index in [1.807, 2.05) is 13.8 Å². The molecule has 1 rings (SSSR count). The fourth-order valence-electron chi connectivity index (χ4n) is 1.45. The van der Waals surface area contributed by atoms with Crippen LogP contribution < -0.4 is 0 Å². The Morgan fingerprint density at radius 2 is 2.07 bits per heavy atom. The van der Waals surface area contributed by atoms with Crippen LogP contribution in [-0.2, 0) is 6.42 Å². The lowest BCUT2D eigenvalue weighted by atomic mass is 9.99. The number of aryl methyl sites for hydroxylation is 1. The third-order valence-electron chi connectivity index (χ3n) is 2.36. The molecule has 3 heteroatoms. The molecule has 0 aliphatic rings. The first kappa shape index (κ1) is 11.7. The number of aliphatic hydroxyl groups excluding tert-OH is 1. The predicted octanol–water partition coefficient (Wildman–Crippen LogP) is 3.13. The van der Waals surface area contributed by atoms with Gasteiger partial charge in [-0.3, -0.25) is 0 Å². The zero-order chi connectivity index (χ0) is 10.9. The molecule has 14 heavy (non-hydrogen) atoms. The van der Waals surface area contributed by atoms with Crippen LogP contribution in [-0.4, -0.2) is 11.2 Å². The van der Waals surface area contributed by atoms with Gasteiger partial charge in [-0.05, 0) is 65.9 Å². The van der Waals surface area contributed by atoms with E-state index in [1.165, 1.54) is 6.07 Å². The van der Waals surface area contributed by atoms with Crippen LogP contribution in [0.4, 0.5) is 4.39 Å². The summed E-state index contributed by atoms with van der Waals surface area (Å²) < 4.78 is 13.8. The van der Waals surface area contributed by atoms with Gasteiger partial charge < -0.3 is 5.11 Å². The minimum Gasteiger partial charge on any atom is -0.393 e. The summed E-state index contributed by atoms with van der Waals surface area (Å²) in [5.41, 5.74) is 2.82. The fourth-order valence-corrected chi connectivity index (χ4v) is 2.02. The van der Waals surface area contributed by atoms with E-state index in [4.69, 9.17) is 0 Å². The van der Waals surface area contributed by atoms with E-state index in [9.17, 15) is 9.50 Å². The molecule has 1 unspecified atom stereocenters. The van der Waals surface area contributed by atoms with Crippen LogP contribution in [0.1, 0.15) is 23.6 Å². The van der Waals surface area contributed by atoms with Crippen molar-refractivity contribution in [3.8, 4) is 0 Å². The quantitative estimate of drug-likeness (QED) is 0.867. The topological polar surface area (TPSA) is 20.2 Å². The number of hydrogen-bond acceptors (Lipinski definition) is 1. The van der Waals surface area contributed by atoms with E-state index in [0.29, 0.717) is 10.9 Å². The second-order valence-electron chi connectivity index (χ2n) is 3.65. The van der Waals surface area contributed by atoms with E-state index in [1.54, 1.807) is 6.92 Å². The summed E-state index contributed by atoms with van der Waals surface area (Å²) in [6.45, 7) is 5.51. The number of benzene rings is 1. The molecule has 0 radical (unpaired) electrons. The third-order valence-corrected chi connectivity index (χ3v) is 3.22. The minimum atomic E-state index is -0.453. The first-order valence-corrected chi connectivity index (χ1v) is 5.35. The lowest BCUT2D eigenvalue weighted by molar-refractivity contribution is 0.195. The van der Waals surface area contributed by atoms with Gasteiger partial charge in [0.1, 0.15) is 5.82 Å². The number of halogens is 2. The van der Waals surface area contributed by atoms with Gasteiger partial charge in [-0.2, -0.15) is 0 Å².